The molecule has 2 aromatic heterocycles. The van der Waals surface area contributed by atoms with Crippen molar-refractivity contribution in [2.24, 2.45) is 0 Å². The number of nitrogens with one attached hydrogen (secondary N) is 1. The molecule has 0 bridgehead atoms. The molecule has 0 saturated heterocycles. The average molecular weight is 488 g/mol. The maximum atomic E-state index is 14.9. The molecule has 11 heteroatoms. The number of fused-ring (bicyclic) bond motifs is 1. The van der Waals surface area contributed by atoms with Gasteiger partial charge in [0, 0.05) is 36.7 Å². The first kappa shape index (κ1) is 23.3. The molecule has 176 valence electrons. The number of benzene rings is 2. The Morgan fingerprint density at radius 1 is 1.12 bits per heavy atom. The first-order chi connectivity index (χ1) is 16.2. The van der Waals surface area contributed by atoms with Gasteiger partial charge in [-0.3, -0.25) is 0 Å². The monoisotopic (exact) mass is 488 g/mol. The fraction of sp³-hybridized carbons (Fsp3) is 0.130. The van der Waals surface area contributed by atoms with E-state index in [0.29, 0.717) is 10.9 Å². The van der Waals surface area contributed by atoms with Gasteiger partial charge in [0.15, 0.2) is 17.4 Å². The molecule has 0 aliphatic carbocycles. The Morgan fingerprint density at radius 2 is 1.91 bits per heavy atom. The van der Waals surface area contributed by atoms with E-state index in [1.807, 2.05) is 4.72 Å². The number of aromatic nitrogens is 1. The third-order valence-corrected chi connectivity index (χ3v) is 5.96. The summed E-state index contributed by atoms with van der Waals surface area (Å²) < 4.78 is 69.4. The van der Waals surface area contributed by atoms with Crippen LogP contribution in [-0.2, 0) is 16.7 Å². The highest BCUT2D eigenvalue weighted by molar-refractivity contribution is 7.85. The lowest BCUT2D eigenvalue weighted by Gasteiger charge is -2.12. The van der Waals surface area contributed by atoms with Crippen molar-refractivity contribution in [1.29, 1.82) is 0 Å². The van der Waals surface area contributed by atoms with Gasteiger partial charge in [-0.05, 0) is 48.4 Å². The largest absolute Gasteiger partial charge is 0.436 e. The Balaban J connectivity index is 1.68. The first-order valence-electron chi connectivity index (χ1n) is 9.93. The van der Waals surface area contributed by atoms with Gasteiger partial charge in [-0.15, -0.1) is 0 Å². The second-order valence-corrected chi connectivity index (χ2v) is 8.67. The van der Waals surface area contributed by atoms with E-state index in [-0.39, 0.29) is 34.8 Å². The van der Waals surface area contributed by atoms with E-state index >= 15 is 0 Å². The number of rotatable bonds is 7. The molecule has 8 nitrogen and oxygen atoms in total. The highest BCUT2D eigenvalue weighted by atomic mass is 32.2. The number of pyridine rings is 1. The SMILES string of the molecule is CNS(=O)(=O)Oc1cccc(Cc2c(C)c3ccc(Oc4ncccc4F)cc3oc2=O)c1F. The van der Waals surface area contributed by atoms with Gasteiger partial charge in [-0.1, -0.05) is 12.1 Å². The van der Waals surface area contributed by atoms with Crippen molar-refractivity contribution in [2.75, 3.05) is 7.05 Å². The Bertz CT molecular complexity index is 1550. The minimum absolute atomic E-state index is 0.0455. The Kier molecular flexibility index (Phi) is 6.31. The van der Waals surface area contributed by atoms with Crippen molar-refractivity contribution in [3.05, 3.63) is 93.5 Å². The summed E-state index contributed by atoms with van der Waals surface area (Å²) in [6.07, 6.45) is 1.22. The highest BCUT2D eigenvalue weighted by Crippen LogP contribution is 2.29. The molecule has 0 aliphatic heterocycles. The number of nitrogens with zero attached hydrogens (tertiary/aromatic N) is 1. The van der Waals surface area contributed by atoms with E-state index in [4.69, 9.17) is 13.3 Å². The standard InChI is InChI=1S/C23H18F2N2O6S/c1-13-16-9-8-15(31-22-18(24)6-4-10-27-22)12-20(16)32-23(28)17(13)11-14-5-3-7-19(21(14)25)33-34(29,30)26-2/h3-10,12,26H,11H2,1-2H3. The lowest BCUT2D eigenvalue weighted by Crippen LogP contribution is -2.24. The smallest absolute Gasteiger partial charge is 0.382 e. The normalized spacial score (nSPS) is 11.5. The molecule has 4 rings (SSSR count). The summed E-state index contributed by atoms with van der Waals surface area (Å²) in [5.74, 6) is -2.08. The van der Waals surface area contributed by atoms with Crippen LogP contribution >= 0.6 is 0 Å². The van der Waals surface area contributed by atoms with Crippen LogP contribution in [0.4, 0.5) is 8.78 Å². The molecule has 0 unspecified atom stereocenters. The van der Waals surface area contributed by atoms with Crippen molar-refractivity contribution in [1.82, 2.24) is 9.71 Å². The Labute approximate surface area is 193 Å². The van der Waals surface area contributed by atoms with Gasteiger partial charge in [0.05, 0.1) is 0 Å². The molecule has 0 aliphatic rings. The predicted octanol–water partition coefficient (Wildman–Crippen LogP) is 4.00. The number of halogens is 2. The highest BCUT2D eigenvalue weighted by Gasteiger charge is 2.19. The molecule has 4 aromatic rings. The van der Waals surface area contributed by atoms with Gasteiger partial charge in [0.1, 0.15) is 11.3 Å². The first-order valence-corrected chi connectivity index (χ1v) is 11.3. The minimum atomic E-state index is -4.17. The molecule has 0 radical (unpaired) electrons. The summed E-state index contributed by atoms with van der Waals surface area (Å²) in [4.78, 5) is 16.5. The summed E-state index contributed by atoms with van der Waals surface area (Å²) in [7, 11) is -3.04. The van der Waals surface area contributed by atoms with E-state index in [1.165, 1.54) is 36.5 Å². The summed E-state index contributed by atoms with van der Waals surface area (Å²) in [6, 6.07) is 11.2. The van der Waals surface area contributed by atoms with Gasteiger partial charge >= 0.3 is 15.9 Å². The zero-order valence-corrected chi connectivity index (χ0v) is 18.8. The molecule has 34 heavy (non-hydrogen) atoms. The van der Waals surface area contributed by atoms with Crippen molar-refractivity contribution >= 4 is 21.3 Å². The van der Waals surface area contributed by atoms with Crippen LogP contribution in [0.25, 0.3) is 11.0 Å². The van der Waals surface area contributed by atoms with Crippen LogP contribution in [0.1, 0.15) is 16.7 Å². The van der Waals surface area contributed by atoms with Crippen molar-refractivity contribution in [3.8, 4) is 17.4 Å². The van der Waals surface area contributed by atoms with Crippen LogP contribution in [0.2, 0.25) is 0 Å². The maximum absolute atomic E-state index is 14.9. The summed E-state index contributed by atoms with van der Waals surface area (Å²) in [6.45, 7) is 1.68. The topological polar surface area (TPSA) is 108 Å². The second-order valence-electron chi connectivity index (χ2n) is 7.19. The van der Waals surface area contributed by atoms with Crippen LogP contribution < -0.4 is 19.3 Å². The van der Waals surface area contributed by atoms with E-state index in [1.54, 1.807) is 19.1 Å². The second kappa shape index (κ2) is 9.20. The third-order valence-electron chi connectivity index (χ3n) is 5.06. The van der Waals surface area contributed by atoms with Crippen LogP contribution in [-0.4, -0.2) is 20.4 Å². The quantitative estimate of drug-likeness (QED) is 0.392. The summed E-state index contributed by atoms with van der Waals surface area (Å²) in [5, 5.41) is 0.564. The zero-order chi connectivity index (χ0) is 24.5. The van der Waals surface area contributed by atoms with E-state index in [0.717, 1.165) is 13.1 Å². The molecule has 0 fully saturated rings. The van der Waals surface area contributed by atoms with Crippen LogP contribution in [0.5, 0.6) is 17.4 Å². The van der Waals surface area contributed by atoms with E-state index in [2.05, 4.69) is 4.98 Å². The number of aryl methyl sites for hydroxylation is 1. The molecule has 0 atom stereocenters. The van der Waals surface area contributed by atoms with Crippen LogP contribution in [0.15, 0.2) is 63.9 Å². The molecular formula is C23H18F2N2O6S. The van der Waals surface area contributed by atoms with Crippen molar-refractivity contribution < 1.29 is 30.5 Å². The minimum Gasteiger partial charge on any atom is -0.436 e. The summed E-state index contributed by atoms with van der Waals surface area (Å²) in [5.41, 5.74) is 0.251. The number of hydrogen-bond donors (Lipinski definition) is 1. The molecule has 0 spiro atoms. The van der Waals surface area contributed by atoms with Gasteiger partial charge in [-0.2, -0.15) is 13.1 Å². The summed E-state index contributed by atoms with van der Waals surface area (Å²) >= 11 is 0. The van der Waals surface area contributed by atoms with E-state index in [9.17, 15) is 22.0 Å². The lowest BCUT2D eigenvalue weighted by atomic mass is 9.99. The molecule has 2 aromatic carbocycles. The van der Waals surface area contributed by atoms with E-state index < -0.39 is 33.3 Å². The van der Waals surface area contributed by atoms with Crippen molar-refractivity contribution in [2.45, 2.75) is 13.3 Å². The molecule has 0 saturated carbocycles. The lowest BCUT2D eigenvalue weighted by molar-refractivity contribution is 0.422. The number of ether oxygens (including phenoxy) is 1. The molecular weight excluding hydrogens is 470 g/mol. The van der Waals surface area contributed by atoms with Gasteiger partial charge in [0.2, 0.25) is 0 Å². The van der Waals surface area contributed by atoms with Crippen LogP contribution in [0.3, 0.4) is 0 Å². The molecule has 2 heterocycles. The maximum Gasteiger partial charge on any atom is 0.382 e. The van der Waals surface area contributed by atoms with Gasteiger partial charge < -0.3 is 13.3 Å². The average Bonchev–Trinajstić information content (AvgIpc) is 2.80. The Hall–Kier alpha value is -3.83. The van der Waals surface area contributed by atoms with Crippen molar-refractivity contribution in [3.63, 3.8) is 0 Å². The fourth-order valence-corrected chi connectivity index (χ4v) is 3.76. The zero-order valence-electron chi connectivity index (χ0n) is 18.0. The third kappa shape index (κ3) is 4.75. The Morgan fingerprint density at radius 3 is 2.65 bits per heavy atom. The van der Waals surface area contributed by atoms with Gasteiger partial charge in [0.25, 0.3) is 5.88 Å². The van der Waals surface area contributed by atoms with Crippen LogP contribution in [0, 0.1) is 18.6 Å². The predicted molar refractivity (Wildman–Crippen MR) is 119 cm³/mol. The van der Waals surface area contributed by atoms with Gasteiger partial charge in [-0.25, -0.2) is 18.6 Å². The molecule has 1 N–H and O–H groups in total. The molecule has 0 amide bonds. The number of hydrogen-bond acceptors (Lipinski definition) is 7. The fourth-order valence-electron chi connectivity index (χ4n) is 3.31.